The molecular formula is C30H35Cl2N3O4S. The Morgan fingerprint density at radius 1 is 0.900 bits per heavy atom. The predicted molar refractivity (Wildman–Crippen MR) is 161 cm³/mol. The summed E-state index contributed by atoms with van der Waals surface area (Å²) in [6, 6.07) is 17.2. The Labute approximate surface area is 247 Å². The number of aryl methyl sites for hydroxylation is 1. The Morgan fingerprint density at radius 3 is 2.05 bits per heavy atom. The molecule has 0 aliphatic carbocycles. The SMILES string of the molecule is Cc1cccc(N(CC(=O)N(Cc2c(Cl)cccc2Cl)[C@H](C)C(=O)NC(C)(C)C)S(=O)(=O)c2ccccc2)c1C. The number of benzene rings is 3. The molecule has 0 fully saturated rings. The van der Waals surface area contributed by atoms with Gasteiger partial charge in [-0.05, 0) is 83.0 Å². The van der Waals surface area contributed by atoms with Crippen LogP contribution < -0.4 is 9.62 Å². The van der Waals surface area contributed by atoms with Gasteiger partial charge in [-0.25, -0.2) is 8.42 Å². The number of halogens is 2. The molecule has 0 heterocycles. The van der Waals surface area contributed by atoms with Crippen LogP contribution in [0.4, 0.5) is 5.69 Å². The summed E-state index contributed by atoms with van der Waals surface area (Å²) in [5.41, 5.74) is 1.87. The molecule has 3 rings (SSSR count). The maximum Gasteiger partial charge on any atom is 0.264 e. The van der Waals surface area contributed by atoms with Crippen LogP contribution in [0.1, 0.15) is 44.4 Å². The monoisotopic (exact) mass is 603 g/mol. The zero-order valence-electron chi connectivity index (χ0n) is 23.5. The zero-order valence-corrected chi connectivity index (χ0v) is 25.9. The molecule has 40 heavy (non-hydrogen) atoms. The summed E-state index contributed by atoms with van der Waals surface area (Å²) < 4.78 is 29.0. The lowest BCUT2D eigenvalue weighted by atomic mass is 10.1. The highest BCUT2D eigenvalue weighted by Crippen LogP contribution is 2.30. The van der Waals surface area contributed by atoms with Gasteiger partial charge >= 0.3 is 0 Å². The van der Waals surface area contributed by atoms with Crippen LogP contribution >= 0.6 is 23.2 Å². The fourth-order valence-corrected chi connectivity index (χ4v) is 6.16. The second kappa shape index (κ2) is 12.6. The molecule has 0 saturated carbocycles. The molecule has 0 aromatic heterocycles. The number of sulfonamides is 1. The van der Waals surface area contributed by atoms with Crippen molar-refractivity contribution < 1.29 is 18.0 Å². The first kappa shape index (κ1) is 31.5. The van der Waals surface area contributed by atoms with Crippen molar-refractivity contribution in [3.63, 3.8) is 0 Å². The van der Waals surface area contributed by atoms with E-state index in [1.54, 1.807) is 55.5 Å². The highest BCUT2D eigenvalue weighted by molar-refractivity contribution is 7.92. The normalized spacial score (nSPS) is 12.5. The van der Waals surface area contributed by atoms with E-state index in [0.29, 0.717) is 26.9 Å². The summed E-state index contributed by atoms with van der Waals surface area (Å²) in [7, 11) is -4.15. The number of carbonyl (C=O) groups excluding carboxylic acids is 2. The molecule has 0 bridgehead atoms. The van der Waals surface area contributed by atoms with E-state index in [0.717, 1.165) is 9.87 Å². The highest BCUT2D eigenvalue weighted by Gasteiger charge is 2.34. The largest absolute Gasteiger partial charge is 0.350 e. The summed E-state index contributed by atoms with van der Waals surface area (Å²) in [5, 5.41) is 3.56. The van der Waals surface area contributed by atoms with E-state index in [1.807, 2.05) is 40.7 Å². The maximum absolute atomic E-state index is 14.1. The van der Waals surface area contributed by atoms with E-state index in [2.05, 4.69) is 5.32 Å². The second-order valence-electron chi connectivity index (χ2n) is 10.7. The number of hydrogen-bond donors (Lipinski definition) is 1. The van der Waals surface area contributed by atoms with Crippen molar-refractivity contribution in [2.45, 2.75) is 64.6 Å². The van der Waals surface area contributed by atoms with Gasteiger partial charge in [0.05, 0.1) is 10.6 Å². The average molecular weight is 605 g/mol. The number of carbonyl (C=O) groups is 2. The maximum atomic E-state index is 14.1. The van der Waals surface area contributed by atoms with Crippen molar-refractivity contribution in [3.05, 3.63) is 93.5 Å². The van der Waals surface area contributed by atoms with Gasteiger partial charge < -0.3 is 10.2 Å². The lowest BCUT2D eigenvalue weighted by Gasteiger charge is -2.34. The minimum Gasteiger partial charge on any atom is -0.350 e. The molecule has 0 radical (unpaired) electrons. The van der Waals surface area contributed by atoms with E-state index >= 15 is 0 Å². The molecule has 10 heteroatoms. The standard InChI is InChI=1S/C30H35Cl2N3O4S/c1-20-12-10-17-27(21(20)2)35(40(38,39)23-13-8-7-9-14-23)19-28(36)34(22(3)29(37)33-30(4,5)6)18-24-25(31)15-11-16-26(24)32/h7-17,22H,18-19H2,1-6H3,(H,33,37)/t22-/m1/s1. The van der Waals surface area contributed by atoms with Crippen LogP contribution in [0.3, 0.4) is 0 Å². The Balaban J connectivity index is 2.11. The van der Waals surface area contributed by atoms with Crippen molar-refractivity contribution in [2.75, 3.05) is 10.8 Å². The van der Waals surface area contributed by atoms with Crippen molar-refractivity contribution >= 4 is 50.7 Å². The summed E-state index contributed by atoms with van der Waals surface area (Å²) in [6.07, 6.45) is 0. The van der Waals surface area contributed by atoms with E-state index < -0.39 is 40.0 Å². The third-order valence-corrected chi connectivity index (χ3v) is 8.99. The molecule has 0 aliphatic rings. The van der Waals surface area contributed by atoms with Gasteiger partial charge in [0.15, 0.2) is 0 Å². The van der Waals surface area contributed by atoms with Crippen LogP contribution in [0.15, 0.2) is 71.6 Å². The van der Waals surface area contributed by atoms with Gasteiger partial charge in [0, 0.05) is 27.7 Å². The number of hydrogen-bond acceptors (Lipinski definition) is 4. The quantitative estimate of drug-likeness (QED) is 0.318. The highest BCUT2D eigenvalue weighted by atomic mass is 35.5. The number of anilines is 1. The van der Waals surface area contributed by atoms with Crippen LogP contribution in [-0.4, -0.2) is 43.3 Å². The molecule has 7 nitrogen and oxygen atoms in total. The molecule has 1 N–H and O–H groups in total. The van der Waals surface area contributed by atoms with Crippen molar-refractivity contribution in [1.82, 2.24) is 10.2 Å². The Morgan fingerprint density at radius 2 is 1.48 bits per heavy atom. The summed E-state index contributed by atoms with van der Waals surface area (Å²) in [6.45, 7) is 10.1. The Hall–Kier alpha value is -3.07. The van der Waals surface area contributed by atoms with Crippen LogP contribution in [0.2, 0.25) is 10.0 Å². The van der Waals surface area contributed by atoms with Gasteiger partial charge in [0.25, 0.3) is 10.0 Å². The molecule has 3 aromatic carbocycles. The third kappa shape index (κ3) is 7.36. The first-order chi connectivity index (χ1) is 18.6. The van der Waals surface area contributed by atoms with E-state index in [9.17, 15) is 18.0 Å². The fourth-order valence-electron chi connectivity index (χ4n) is 4.15. The molecule has 0 unspecified atom stereocenters. The van der Waals surface area contributed by atoms with Gasteiger partial charge in [-0.2, -0.15) is 0 Å². The van der Waals surface area contributed by atoms with Crippen LogP contribution in [0.25, 0.3) is 0 Å². The van der Waals surface area contributed by atoms with Crippen LogP contribution in [0.5, 0.6) is 0 Å². The first-order valence-corrected chi connectivity index (χ1v) is 15.0. The van der Waals surface area contributed by atoms with Gasteiger partial charge in [0.1, 0.15) is 12.6 Å². The number of nitrogens with zero attached hydrogens (tertiary/aromatic N) is 2. The number of nitrogens with one attached hydrogen (secondary N) is 1. The first-order valence-electron chi connectivity index (χ1n) is 12.8. The summed E-state index contributed by atoms with van der Waals surface area (Å²) >= 11 is 12.9. The van der Waals surface area contributed by atoms with E-state index in [1.165, 1.54) is 17.0 Å². The topological polar surface area (TPSA) is 86.8 Å². The number of rotatable bonds is 9. The molecule has 3 aromatic rings. The average Bonchev–Trinajstić information content (AvgIpc) is 2.88. The Kier molecular flexibility index (Phi) is 9.93. The molecule has 0 spiro atoms. The lowest BCUT2D eigenvalue weighted by molar-refractivity contribution is -0.140. The third-order valence-electron chi connectivity index (χ3n) is 6.51. The lowest BCUT2D eigenvalue weighted by Crippen LogP contribution is -2.54. The Bertz CT molecular complexity index is 1470. The van der Waals surface area contributed by atoms with Crippen molar-refractivity contribution in [2.24, 2.45) is 0 Å². The van der Waals surface area contributed by atoms with E-state index in [4.69, 9.17) is 23.2 Å². The summed E-state index contributed by atoms with van der Waals surface area (Å²) in [4.78, 5) is 28.7. The molecular weight excluding hydrogens is 569 g/mol. The minimum atomic E-state index is -4.15. The zero-order chi connectivity index (χ0) is 29.8. The molecule has 0 aliphatic heterocycles. The molecule has 214 valence electrons. The molecule has 1 atom stereocenters. The summed E-state index contributed by atoms with van der Waals surface area (Å²) in [5.74, 6) is -0.985. The second-order valence-corrected chi connectivity index (χ2v) is 13.4. The molecule has 2 amide bonds. The number of amides is 2. The minimum absolute atomic E-state index is 0.0444. The van der Waals surface area contributed by atoms with Gasteiger partial charge in [0.2, 0.25) is 11.8 Å². The van der Waals surface area contributed by atoms with E-state index in [-0.39, 0.29) is 11.4 Å². The van der Waals surface area contributed by atoms with Crippen LogP contribution in [-0.2, 0) is 26.2 Å². The fraction of sp³-hybridized carbons (Fsp3) is 0.333. The molecule has 0 saturated heterocycles. The van der Waals surface area contributed by atoms with Gasteiger partial charge in [-0.15, -0.1) is 0 Å². The van der Waals surface area contributed by atoms with Gasteiger partial charge in [-0.3, -0.25) is 13.9 Å². The van der Waals surface area contributed by atoms with Crippen molar-refractivity contribution in [1.29, 1.82) is 0 Å². The van der Waals surface area contributed by atoms with Crippen LogP contribution in [0, 0.1) is 13.8 Å². The smallest absolute Gasteiger partial charge is 0.264 e. The predicted octanol–water partition coefficient (Wildman–Crippen LogP) is 6.14. The van der Waals surface area contributed by atoms with Crippen molar-refractivity contribution in [3.8, 4) is 0 Å². The van der Waals surface area contributed by atoms with Gasteiger partial charge in [-0.1, -0.05) is 59.6 Å².